The molecule has 2 rings (SSSR count). The third-order valence-corrected chi connectivity index (χ3v) is 4.09. The molecule has 0 radical (unpaired) electrons. The van der Waals surface area contributed by atoms with Crippen LogP contribution in [0.4, 0.5) is 5.69 Å². The molecule has 2 aromatic rings. The highest BCUT2D eigenvalue weighted by Crippen LogP contribution is 2.30. The second-order valence-electron chi connectivity index (χ2n) is 5.60. The molecule has 7 heteroatoms. The van der Waals surface area contributed by atoms with Crippen molar-refractivity contribution < 1.29 is 9.59 Å². The first-order valence-corrected chi connectivity index (χ1v) is 8.76. The fourth-order valence-electron chi connectivity index (χ4n) is 2.28. The smallest absolute Gasteiger partial charge is 0.253 e. The zero-order chi connectivity index (χ0) is 19.1. The molecular weight excluding hydrogens is 373 g/mol. The van der Waals surface area contributed by atoms with E-state index >= 15 is 0 Å². The largest absolute Gasteiger partial charge is 0.348 e. The summed E-state index contributed by atoms with van der Waals surface area (Å²) >= 11 is 12.2. The van der Waals surface area contributed by atoms with Crippen molar-refractivity contribution >= 4 is 40.7 Å². The fourth-order valence-corrected chi connectivity index (χ4v) is 2.82. The second-order valence-corrected chi connectivity index (χ2v) is 6.44. The Balaban J connectivity index is 2.18. The Morgan fingerprint density at radius 1 is 1.15 bits per heavy atom. The van der Waals surface area contributed by atoms with Gasteiger partial charge in [0, 0.05) is 18.0 Å². The normalized spacial score (nSPS) is 10.1. The summed E-state index contributed by atoms with van der Waals surface area (Å²) in [7, 11) is 0. The van der Waals surface area contributed by atoms with Crippen molar-refractivity contribution in [3.8, 4) is 6.07 Å². The van der Waals surface area contributed by atoms with Crippen LogP contribution in [-0.2, 0) is 11.3 Å². The molecule has 0 aromatic heterocycles. The van der Waals surface area contributed by atoms with E-state index < -0.39 is 5.91 Å². The van der Waals surface area contributed by atoms with Crippen LogP contribution in [0, 0.1) is 11.3 Å². The van der Waals surface area contributed by atoms with Crippen LogP contribution in [0.5, 0.6) is 0 Å². The molecule has 134 valence electrons. The maximum absolute atomic E-state index is 12.6. The van der Waals surface area contributed by atoms with E-state index in [9.17, 15) is 9.59 Å². The van der Waals surface area contributed by atoms with Crippen LogP contribution in [0.1, 0.15) is 41.3 Å². The van der Waals surface area contributed by atoms with E-state index in [4.69, 9.17) is 28.5 Å². The molecule has 2 aromatic carbocycles. The van der Waals surface area contributed by atoms with Gasteiger partial charge < -0.3 is 10.6 Å². The maximum atomic E-state index is 12.6. The molecule has 0 saturated carbocycles. The highest BCUT2D eigenvalue weighted by Gasteiger charge is 2.17. The van der Waals surface area contributed by atoms with Gasteiger partial charge in [0.25, 0.3) is 5.91 Å². The van der Waals surface area contributed by atoms with Crippen molar-refractivity contribution in [2.24, 2.45) is 0 Å². The molecular formula is C19H17Cl2N3O2. The number of nitrogens with zero attached hydrogens (tertiary/aromatic N) is 1. The molecule has 2 N–H and O–H groups in total. The van der Waals surface area contributed by atoms with Crippen molar-refractivity contribution in [1.82, 2.24) is 5.32 Å². The minimum absolute atomic E-state index is 0.195. The molecule has 0 heterocycles. The number of hydrogen-bond acceptors (Lipinski definition) is 3. The molecule has 0 bridgehead atoms. The van der Waals surface area contributed by atoms with Crippen molar-refractivity contribution in [2.45, 2.75) is 26.3 Å². The van der Waals surface area contributed by atoms with Gasteiger partial charge in [-0.15, -0.1) is 0 Å². The summed E-state index contributed by atoms with van der Waals surface area (Å²) in [5.74, 6) is -0.636. The summed E-state index contributed by atoms with van der Waals surface area (Å²) in [6.45, 7) is 2.14. The predicted molar refractivity (Wildman–Crippen MR) is 102 cm³/mol. The summed E-state index contributed by atoms with van der Waals surface area (Å²) in [5.41, 5.74) is 1.82. The lowest BCUT2D eigenvalue weighted by Crippen LogP contribution is -2.25. The third-order valence-electron chi connectivity index (χ3n) is 3.58. The molecule has 0 spiro atoms. The van der Waals surface area contributed by atoms with Crippen LogP contribution in [0.2, 0.25) is 10.0 Å². The number of carbonyl (C=O) groups is 2. The monoisotopic (exact) mass is 389 g/mol. The van der Waals surface area contributed by atoms with Gasteiger partial charge in [0.15, 0.2) is 0 Å². The van der Waals surface area contributed by atoms with E-state index in [0.717, 1.165) is 5.56 Å². The number of amides is 2. The Morgan fingerprint density at radius 2 is 1.85 bits per heavy atom. The zero-order valence-corrected chi connectivity index (χ0v) is 15.6. The molecule has 0 fully saturated rings. The standard InChI is InChI=1S/C19H17Cl2N3O2/c1-2-3-17(25)24-18-15(8-14(20)9-16(18)21)19(26)23-11-13-6-4-12(10-22)5-7-13/h4-9H,2-3,11H2,1H3,(H,23,26)(H,24,25). The first-order valence-electron chi connectivity index (χ1n) is 8.00. The average Bonchev–Trinajstić information content (AvgIpc) is 2.62. The van der Waals surface area contributed by atoms with Crippen LogP contribution in [0.25, 0.3) is 0 Å². The number of nitrogens with one attached hydrogen (secondary N) is 2. The van der Waals surface area contributed by atoms with E-state index in [1.165, 1.54) is 12.1 Å². The first-order chi connectivity index (χ1) is 12.4. The quantitative estimate of drug-likeness (QED) is 0.760. The minimum atomic E-state index is -0.412. The number of carbonyl (C=O) groups excluding carboxylic acids is 2. The summed E-state index contributed by atoms with van der Waals surface area (Å²) in [4.78, 5) is 24.5. The van der Waals surface area contributed by atoms with Gasteiger partial charge in [-0.25, -0.2) is 0 Å². The summed E-state index contributed by atoms with van der Waals surface area (Å²) in [5, 5.41) is 14.7. The second kappa shape index (κ2) is 9.23. The van der Waals surface area contributed by atoms with Crippen LogP contribution < -0.4 is 10.6 Å². The molecule has 26 heavy (non-hydrogen) atoms. The Kier molecular flexibility index (Phi) is 7.02. The van der Waals surface area contributed by atoms with Crippen LogP contribution in [0.15, 0.2) is 36.4 Å². The van der Waals surface area contributed by atoms with Crippen LogP contribution >= 0.6 is 23.2 Å². The number of halogens is 2. The lowest BCUT2D eigenvalue weighted by atomic mass is 10.1. The molecule has 0 aliphatic heterocycles. The van der Waals surface area contributed by atoms with E-state index in [1.807, 2.05) is 13.0 Å². The van der Waals surface area contributed by atoms with Gasteiger partial charge in [-0.3, -0.25) is 9.59 Å². The van der Waals surface area contributed by atoms with E-state index in [0.29, 0.717) is 23.4 Å². The molecule has 0 unspecified atom stereocenters. The molecule has 0 saturated heterocycles. The summed E-state index contributed by atoms with van der Waals surface area (Å²) < 4.78 is 0. The summed E-state index contributed by atoms with van der Waals surface area (Å²) in [6.07, 6.45) is 1.00. The highest BCUT2D eigenvalue weighted by atomic mass is 35.5. The van der Waals surface area contributed by atoms with Gasteiger partial charge in [-0.2, -0.15) is 5.26 Å². The van der Waals surface area contributed by atoms with Gasteiger partial charge >= 0.3 is 0 Å². The number of rotatable bonds is 6. The molecule has 0 aliphatic carbocycles. The van der Waals surface area contributed by atoms with Crippen LogP contribution in [0.3, 0.4) is 0 Å². The van der Waals surface area contributed by atoms with Crippen molar-refractivity contribution in [3.63, 3.8) is 0 Å². The fraction of sp³-hybridized carbons (Fsp3) is 0.211. The Bertz CT molecular complexity index is 858. The average molecular weight is 390 g/mol. The highest BCUT2D eigenvalue weighted by molar-refractivity contribution is 6.38. The first kappa shape index (κ1) is 19.8. The van der Waals surface area contributed by atoms with Gasteiger partial charge in [0.2, 0.25) is 5.91 Å². The van der Waals surface area contributed by atoms with E-state index in [1.54, 1.807) is 24.3 Å². The number of hydrogen-bond donors (Lipinski definition) is 2. The lowest BCUT2D eigenvalue weighted by molar-refractivity contribution is -0.116. The van der Waals surface area contributed by atoms with Crippen molar-refractivity contribution in [3.05, 3.63) is 63.1 Å². The molecule has 5 nitrogen and oxygen atoms in total. The Labute approximate surface area is 161 Å². The molecule has 0 aliphatic rings. The van der Waals surface area contributed by atoms with Gasteiger partial charge in [-0.1, -0.05) is 42.3 Å². The molecule has 2 amide bonds. The summed E-state index contributed by atoms with van der Waals surface area (Å²) in [6, 6.07) is 11.8. The lowest BCUT2D eigenvalue weighted by Gasteiger charge is -2.14. The van der Waals surface area contributed by atoms with Crippen molar-refractivity contribution in [2.75, 3.05) is 5.32 Å². The topological polar surface area (TPSA) is 82.0 Å². The van der Waals surface area contributed by atoms with Crippen LogP contribution in [-0.4, -0.2) is 11.8 Å². The van der Waals surface area contributed by atoms with Gasteiger partial charge in [0.05, 0.1) is 27.9 Å². The zero-order valence-electron chi connectivity index (χ0n) is 14.1. The maximum Gasteiger partial charge on any atom is 0.253 e. The number of anilines is 1. The third kappa shape index (κ3) is 5.22. The molecule has 0 atom stereocenters. The van der Waals surface area contributed by atoms with E-state index in [-0.39, 0.29) is 28.7 Å². The Hall–Kier alpha value is -2.55. The predicted octanol–water partition coefficient (Wildman–Crippen LogP) is 4.53. The van der Waals surface area contributed by atoms with Crippen molar-refractivity contribution in [1.29, 1.82) is 5.26 Å². The number of benzene rings is 2. The SMILES string of the molecule is CCCC(=O)Nc1c(Cl)cc(Cl)cc1C(=O)NCc1ccc(C#N)cc1. The minimum Gasteiger partial charge on any atom is -0.348 e. The van der Waals surface area contributed by atoms with Gasteiger partial charge in [0.1, 0.15) is 0 Å². The van der Waals surface area contributed by atoms with Gasteiger partial charge in [-0.05, 0) is 36.2 Å². The van der Waals surface area contributed by atoms with E-state index in [2.05, 4.69) is 10.6 Å². The number of nitriles is 1. The Morgan fingerprint density at radius 3 is 2.46 bits per heavy atom.